The molecule has 0 spiro atoms. The number of hydrogen-bond donors (Lipinski definition) is 2. The lowest BCUT2D eigenvalue weighted by molar-refractivity contribution is -0.118. The molecule has 2 rings (SSSR count). The Labute approximate surface area is 115 Å². The second kappa shape index (κ2) is 5.92. The van der Waals surface area contributed by atoms with Gasteiger partial charge in [0.1, 0.15) is 5.75 Å². The van der Waals surface area contributed by atoms with Crippen LogP contribution in [0.5, 0.6) is 5.75 Å². The number of nitrogen functional groups attached to an aromatic ring is 1. The lowest BCUT2D eigenvalue weighted by Crippen LogP contribution is -2.22. The van der Waals surface area contributed by atoms with E-state index in [1.54, 1.807) is 31.3 Å². The van der Waals surface area contributed by atoms with E-state index in [4.69, 9.17) is 10.5 Å². The van der Waals surface area contributed by atoms with E-state index in [0.29, 0.717) is 17.1 Å². The van der Waals surface area contributed by atoms with Crippen LogP contribution in [0.3, 0.4) is 0 Å². The molecule has 2 aromatic rings. The summed E-state index contributed by atoms with van der Waals surface area (Å²) < 4.78 is 6.70. The average molecular weight is 273 g/mol. The highest BCUT2D eigenvalue weighted by Gasteiger charge is 2.06. The number of nitrogens with zero attached hydrogens (tertiary/aromatic N) is 1. The average Bonchev–Trinajstić information content (AvgIpc) is 2.42. The Morgan fingerprint density at radius 3 is 2.75 bits per heavy atom. The number of hydrogen-bond acceptors (Lipinski definition) is 4. The van der Waals surface area contributed by atoms with E-state index in [9.17, 15) is 9.59 Å². The van der Waals surface area contributed by atoms with Crippen LogP contribution < -0.4 is 21.3 Å². The minimum Gasteiger partial charge on any atom is -0.482 e. The molecule has 6 heteroatoms. The maximum Gasteiger partial charge on any atom is 0.262 e. The second-order valence-corrected chi connectivity index (χ2v) is 4.24. The van der Waals surface area contributed by atoms with Crippen molar-refractivity contribution in [2.24, 2.45) is 7.05 Å². The normalized spacial score (nSPS) is 10.1. The number of anilines is 2. The van der Waals surface area contributed by atoms with E-state index in [1.165, 1.54) is 22.9 Å². The van der Waals surface area contributed by atoms with Gasteiger partial charge in [-0.2, -0.15) is 0 Å². The predicted octanol–water partition coefficient (Wildman–Crippen LogP) is 0.985. The molecule has 0 bridgehead atoms. The molecule has 0 aliphatic rings. The largest absolute Gasteiger partial charge is 0.482 e. The summed E-state index contributed by atoms with van der Waals surface area (Å²) in [7, 11) is 1.61. The predicted molar refractivity (Wildman–Crippen MR) is 76.7 cm³/mol. The van der Waals surface area contributed by atoms with Crippen LogP contribution in [0, 0.1) is 0 Å². The van der Waals surface area contributed by atoms with E-state index in [2.05, 4.69) is 5.32 Å². The molecule has 0 aliphatic carbocycles. The molecule has 3 N–H and O–H groups in total. The van der Waals surface area contributed by atoms with Crippen LogP contribution in [-0.2, 0) is 11.8 Å². The van der Waals surface area contributed by atoms with Crippen molar-refractivity contribution in [1.82, 2.24) is 4.57 Å². The smallest absolute Gasteiger partial charge is 0.262 e. The number of nitrogens with two attached hydrogens (primary N) is 1. The van der Waals surface area contributed by atoms with Crippen molar-refractivity contribution >= 4 is 17.3 Å². The number of aromatic nitrogens is 1. The molecule has 20 heavy (non-hydrogen) atoms. The van der Waals surface area contributed by atoms with Crippen LogP contribution in [0.15, 0.2) is 47.4 Å². The fourth-order valence-corrected chi connectivity index (χ4v) is 1.62. The first-order chi connectivity index (χ1) is 9.56. The second-order valence-electron chi connectivity index (χ2n) is 4.24. The highest BCUT2D eigenvalue weighted by molar-refractivity contribution is 5.91. The zero-order valence-electron chi connectivity index (χ0n) is 11.0. The third kappa shape index (κ3) is 3.38. The SMILES string of the molecule is Cn1cc(NC(=O)COc2ccccc2N)ccc1=O. The zero-order chi connectivity index (χ0) is 14.5. The van der Waals surface area contributed by atoms with Crippen molar-refractivity contribution in [2.45, 2.75) is 0 Å². The summed E-state index contributed by atoms with van der Waals surface area (Å²) in [5, 5.41) is 2.64. The van der Waals surface area contributed by atoms with Gasteiger partial charge in [-0.3, -0.25) is 9.59 Å². The molecule has 0 saturated heterocycles. The van der Waals surface area contributed by atoms with Crippen molar-refractivity contribution in [1.29, 1.82) is 0 Å². The fourth-order valence-electron chi connectivity index (χ4n) is 1.62. The fraction of sp³-hybridized carbons (Fsp3) is 0.143. The van der Waals surface area contributed by atoms with Gasteiger partial charge in [0.05, 0.1) is 11.4 Å². The maximum absolute atomic E-state index is 11.7. The Morgan fingerprint density at radius 1 is 1.30 bits per heavy atom. The number of ether oxygens (including phenoxy) is 1. The Morgan fingerprint density at radius 2 is 2.05 bits per heavy atom. The molecule has 0 saturated carbocycles. The molecule has 0 unspecified atom stereocenters. The van der Waals surface area contributed by atoms with Crippen LogP contribution in [0.4, 0.5) is 11.4 Å². The quantitative estimate of drug-likeness (QED) is 0.813. The number of carbonyl (C=O) groups excluding carboxylic acids is 1. The summed E-state index contributed by atoms with van der Waals surface area (Å²) in [5.74, 6) is 0.134. The lowest BCUT2D eigenvalue weighted by atomic mass is 10.3. The minimum atomic E-state index is -0.327. The van der Waals surface area contributed by atoms with Gasteiger partial charge >= 0.3 is 0 Å². The van der Waals surface area contributed by atoms with Crippen LogP contribution in [0.2, 0.25) is 0 Å². The third-order valence-corrected chi connectivity index (χ3v) is 2.65. The van der Waals surface area contributed by atoms with Crippen molar-refractivity contribution < 1.29 is 9.53 Å². The summed E-state index contributed by atoms with van der Waals surface area (Å²) in [6.45, 7) is -0.156. The molecular formula is C14H15N3O3. The van der Waals surface area contributed by atoms with Gasteiger partial charge in [-0.05, 0) is 18.2 Å². The minimum absolute atomic E-state index is 0.142. The summed E-state index contributed by atoms with van der Waals surface area (Å²) in [6.07, 6.45) is 1.54. The molecule has 6 nitrogen and oxygen atoms in total. The highest BCUT2D eigenvalue weighted by atomic mass is 16.5. The molecule has 1 amide bonds. The molecular weight excluding hydrogens is 258 g/mol. The number of para-hydroxylation sites is 2. The molecule has 1 aromatic heterocycles. The number of pyridine rings is 1. The Hall–Kier alpha value is -2.76. The number of benzene rings is 1. The summed E-state index contributed by atoms with van der Waals surface area (Å²) in [5.41, 5.74) is 6.56. The van der Waals surface area contributed by atoms with Crippen molar-refractivity contribution in [3.63, 3.8) is 0 Å². The van der Waals surface area contributed by atoms with Crippen LogP contribution in [0.25, 0.3) is 0 Å². The Balaban J connectivity index is 1.94. The van der Waals surface area contributed by atoms with Gasteiger partial charge in [-0.1, -0.05) is 12.1 Å². The van der Waals surface area contributed by atoms with Gasteiger partial charge in [0.2, 0.25) is 5.56 Å². The van der Waals surface area contributed by atoms with Crippen LogP contribution in [-0.4, -0.2) is 17.1 Å². The molecule has 104 valence electrons. The van der Waals surface area contributed by atoms with E-state index in [0.717, 1.165) is 0 Å². The summed E-state index contributed by atoms with van der Waals surface area (Å²) >= 11 is 0. The number of amides is 1. The van der Waals surface area contributed by atoms with Gasteiger partial charge in [0.25, 0.3) is 5.91 Å². The van der Waals surface area contributed by atoms with E-state index >= 15 is 0 Å². The van der Waals surface area contributed by atoms with Crippen molar-refractivity contribution in [2.75, 3.05) is 17.7 Å². The number of carbonyl (C=O) groups is 1. The first-order valence-electron chi connectivity index (χ1n) is 6.00. The van der Waals surface area contributed by atoms with Gasteiger partial charge in [-0.15, -0.1) is 0 Å². The van der Waals surface area contributed by atoms with Crippen molar-refractivity contribution in [3.8, 4) is 5.75 Å². The standard InChI is InChI=1S/C14H15N3O3/c1-17-8-10(6-7-14(17)19)16-13(18)9-20-12-5-3-2-4-11(12)15/h2-8H,9,15H2,1H3,(H,16,18). The maximum atomic E-state index is 11.7. The van der Waals surface area contributed by atoms with Gasteiger partial charge < -0.3 is 20.4 Å². The van der Waals surface area contributed by atoms with E-state index in [1.807, 2.05) is 0 Å². The lowest BCUT2D eigenvalue weighted by Gasteiger charge is -2.09. The van der Waals surface area contributed by atoms with Crippen LogP contribution >= 0.6 is 0 Å². The summed E-state index contributed by atoms with van der Waals surface area (Å²) in [4.78, 5) is 22.9. The van der Waals surface area contributed by atoms with Crippen molar-refractivity contribution in [3.05, 3.63) is 52.9 Å². The topological polar surface area (TPSA) is 86.3 Å². The molecule has 0 atom stereocenters. The molecule has 0 aliphatic heterocycles. The molecule has 1 aromatic carbocycles. The third-order valence-electron chi connectivity index (χ3n) is 2.65. The van der Waals surface area contributed by atoms with E-state index < -0.39 is 0 Å². The summed E-state index contributed by atoms with van der Waals surface area (Å²) in [6, 6.07) is 9.86. The number of aryl methyl sites for hydroxylation is 1. The molecule has 0 fully saturated rings. The number of nitrogens with one attached hydrogen (secondary N) is 1. The molecule has 1 heterocycles. The first kappa shape index (κ1) is 13.7. The molecule has 0 radical (unpaired) electrons. The van der Waals surface area contributed by atoms with Gasteiger partial charge in [0.15, 0.2) is 6.61 Å². The first-order valence-corrected chi connectivity index (χ1v) is 6.00. The Bertz CT molecular complexity index is 679. The highest BCUT2D eigenvalue weighted by Crippen LogP contribution is 2.19. The Kier molecular flexibility index (Phi) is 4.05. The number of rotatable bonds is 4. The monoisotopic (exact) mass is 273 g/mol. The zero-order valence-corrected chi connectivity index (χ0v) is 11.0. The van der Waals surface area contributed by atoms with E-state index in [-0.39, 0.29) is 18.1 Å². The van der Waals surface area contributed by atoms with Gasteiger partial charge in [-0.25, -0.2) is 0 Å². The van der Waals surface area contributed by atoms with Gasteiger partial charge in [0, 0.05) is 19.3 Å². The van der Waals surface area contributed by atoms with Crippen LogP contribution in [0.1, 0.15) is 0 Å².